The fourth-order valence-corrected chi connectivity index (χ4v) is 3.70. The van der Waals surface area contributed by atoms with E-state index in [9.17, 15) is 26.9 Å². The van der Waals surface area contributed by atoms with Crippen molar-refractivity contribution in [2.45, 2.75) is 6.18 Å². The first-order valence-corrected chi connectivity index (χ1v) is 9.63. The lowest BCUT2D eigenvalue weighted by Gasteiger charge is -2.13. The number of imidazole rings is 1. The molecular formula is C17H12ClF3N4O3S. The zero-order chi connectivity index (χ0) is 21.6. The Hall–Kier alpha value is -2.81. The number of halogens is 4. The third kappa shape index (κ3) is 3.87. The minimum Gasteiger partial charge on any atom is -0.456 e. The van der Waals surface area contributed by atoms with Gasteiger partial charge in [-0.2, -0.15) is 35.1 Å². The Morgan fingerprint density at radius 3 is 2.45 bits per heavy atom. The fourth-order valence-electron chi connectivity index (χ4n) is 2.46. The molecule has 0 aliphatic heterocycles. The maximum Gasteiger partial charge on any atom is 0.416 e. The molecule has 2 aromatic carbocycles. The molecule has 0 saturated carbocycles. The average molecular weight is 445 g/mol. The van der Waals surface area contributed by atoms with Crippen LogP contribution in [0.4, 0.5) is 13.2 Å². The lowest BCUT2D eigenvalue weighted by molar-refractivity contribution is -0.137. The number of hydrogen-bond acceptors (Lipinski definition) is 5. The van der Waals surface area contributed by atoms with Crippen LogP contribution in [-0.4, -0.2) is 35.8 Å². The molecule has 0 radical (unpaired) electrons. The number of ether oxygens (including phenoxy) is 1. The molecule has 0 aliphatic rings. The molecule has 3 aromatic rings. The molecule has 0 aliphatic carbocycles. The Morgan fingerprint density at radius 2 is 1.90 bits per heavy atom. The van der Waals surface area contributed by atoms with Gasteiger partial charge in [0.15, 0.2) is 0 Å². The van der Waals surface area contributed by atoms with Gasteiger partial charge in [0.05, 0.1) is 21.6 Å². The normalized spacial score (nSPS) is 12.3. The average Bonchev–Trinajstić information content (AvgIpc) is 3.00. The highest BCUT2D eigenvalue weighted by Gasteiger charge is 2.31. The number of nitrogens with zero attached hydrogens (tertiary/aromatic N) is 4. The van der Waals surface area contributed by atoms with Crippen molar-refractivity contribution in [1.29, 1.82) is 5.26 Å². The summed E-state index contributed by atoms with van der Waals surface area (Å²) in [4.78, 5) is 3.99. The highest BCUT2D eigenvalue weighted by molar-refractivity contribution is 7.87. The predicted octanol–water partition coefficient (Wildman–Crippen LogP) is 4.03. The van der Waals surface area contributed by atoms with Crippen molar-refractivity contribution in [3.63, 3.8) is 0 Å². The summed E-state index contributed by atoms with van der Waals surface area (Å²) in [5.41, 5.74) is -0.634. The highest BCUT2D eigenvalue weighted by atomic mass is 35.5. The predicted molar refractivity (Wildman–Crippen MR) is 99.0 cm³/mol. The molecule has 0 unspecified atom stereocenters. The number of nitriles is 1. The summed E-state index contributed by atoms with van der Waals surface area (Å²) in [6.45, 7) is 0. The first kappa shape index (κ1) is 20.9. The van der Waals surface area contributed by atoms with Crippen molar-refractivity contribution >= 4 is 32.8 Å². The van der Waals surface area contributed by atoms with Gasteiger partial charge in [-0.3, -0.25) is 0 Å². The minimum absolute atomic E-state index is 0.0279. The summed E-state index contributed by atoms with van der Waals surface area (Å²) < 4.78 is 70.4. The summed E-state index contributed by atoms with van der Waals surface area (Å²) in [6, 6.07) is 8.48. The number of rotatable bonds is 4. The molecule has 3 rings (SSSR count). The van der Waals surface area contributed by atoms with E-state index >= 15 is 0 Å². The van der Waals surface area contributed by atoms with E-state index in [1.807, 2.05) is 0 Å². The number of aromatic nitrogens is 2. The Labute approximate surface area is 168 Å². The molecule has 0 fully saturated rings. The van der Waals surface area contributed by atoms with Gasteiger partial charge in [-0.05, 0) is 30.3 Å². The number of fused-ring (bicyclic) bond motifs is 1. The minimum atomic E-state index is -4.54. The van der Waals surface area contributed by atoms with E-state index in [4.69, 9.17) is 16.3 Å². The second-order valence-corrected chi connectivity index (χ2v) is 8.40. The molecule has 0 N–H and O–H groups in total. The topological polar surface area (TPSA) is 88.2 Å². The van der Waals surface area contributed by atoms with Crippen LogP contribution < -0.4 is 4.74 Å². The molecular weight excluding hydrogens is 433 g/mol. The Balaban J connectivity index is 2.03. The largest absolute Gasteiger partial charge is 0.456 e. The van der Waals surface area contributed by atoms with E-state index < -0.39 is 21.9 Å². The molecule has 0 saturated heterocycles. The van der Waals surface area contributed by atoms with Crippen molar-refractivity contribution in [3.05, 3.63) is 52.8 Å². The lowest BCUT2D eigenvalue weighted by Crippen LogP contribution is -2.29. The zero-order valence-corrected chi connectivity index (χ0v) is 16.5. The molecule has 0 spiro atoms. The standard InChI is InChI=1S/C17H12ClF3N4O3S/c1-24(2)29(26,27)25-14-5-4-11(8-13(14)23-16(25)9-22)28-15-6-3-10(7-12(15)18)17(19,20)21/h3-8H,1-2H3. The Kier molecular flexibility index (Phi) is 5.20. The van der Waals surface area contributed by atoms with Crippen molar-refractivity contribution in [3.8, 4) is 17.6 Å². The monoisotopic (exact) mass is 444 g/mol. The van der Waals surface area contributed by atoms with Gasteiger partial charge in [-0.25, -0.2) is 4.98 Å². The van der Waals surface area contributed by atoms with Crippen LogP contribution in [0.25, 0.3) is 11.0 Å². The molecule has 1 aromatic heterocycles. The van der Waals surface area contributed by atoms with E-state index in [0.29, 0.717) is 0 Å². The number of hydrogen-bond donors (Lipinski definition) is 0. The third-order valence-corrected chi connectivity index (χ3v) is 5.91. The van der Waals surface area contributed by atoms with Gasteiger partial charge in [0, 0.05) is 20.2 Å². The van der Waals surface area contributed by atoms with Crippen LogP contribution in [0.15, 0.2) is 36.4 Å². The van der Waals surface area contributed by atoms with Crippen LogP contribution in [-0.2, 0) is 16.4 Å². The van der Waals surface area contributed by atoms with Gasteiger partial charge >= 0.3 is 16.4 Å². The van der Waals surface area contributed by atoms with Crippen molar-refractivity contribution in [2.75, 3.05) is 14.1 Å². The summed E-state index contributed by atoms with van der Waals surface area (Å²) in [7, 11) is -1.38. The summed E-state index contributed by atoms with van der Waals surface area (Å²) in [5, 5.41) is 8.99. The summed E-state index contributed by atoms with van der Waals surface area (Å²) in [5.74, 6) is -0.228. The van der Waals surface area contributed by atoms with Gasteiger partial charge in [0.2, 0.25) is 5.82 Å². The smallest absolute Gasteiger partial charge is 0.416 e. The van der Waals surface area contributed by atoms with Crippen molar-refractivity contribution in [1.82, 2.24) is 13.3 Å². The van der Waals surface area contributed by atoms with E-state index in [1.54, 1.807) is 6.07 Å². The first-order chi connectivity index (χ1) is 13.4. The Morgan fingerprint density at radius 1 is 1.21 bits per heavy atom. The maximum absolute atomic E-state index is 12.7. The van der Waals surface area contributed by atoms with Crippen LogP contribution in [0.1, 0.15) is 11.4 Å². The molecule has 7 nitrogen and oxygen atoms in total. The van der Waals surface area contributed by atoms with Gasteiger partial charge in [-0.15, -0.1) is 0 Å². The molecule has 152 valence electrons. The third-order valence-electron chi connectivity index (χ3n) is 3.86. The molecule has 0 atom stereocenters. The molecule has 0 bridgehead atoms. The molecule has 29 heavy (non-hydrogen) atoms. The molecule has 0 amide bonds. The number of benzene rings is 2. The van der Waals surface area contributed by atoms with Crippen LogP contribution in [0.2, 0.25) is 5.02 Å². The zero-order valence-electron chi connectivity index (χ0n) is 14.9. The van der Waals surface area contributed by atoms with E-state index in [1.165, 1.54) is 32.3 Å². The quantitative estimate of drug-likeness (QED) is 0.606. The fraction of sp³-hybridized carbons (Fsp3) is 0.176. The van der Waals surface area contributed by atoms with Gasteiger partial charge < -0.3 is 4.74 Å². The van der Waals surface area contributed by atoms with Gasteiger partial charge in [0.1, 0.15) is 17.6 Å². The molecule has 12 heteroatoms. The SMILES string of the molecule is CN(C)S(=O)(=O)n1c(C#N)nc2cc(Oc3ccc(C(F)(F)F)cc3Cl)ccc21. The maximum atomic E-state index is 12.7. The Bertz CT molecular complexity index is 1250. The van der Waals surface area contributed by atoms with Crippen molar-refractivity contribution < 1.29 is 26.3 Å². The molecule has 1 heterocycles. The van der Waals surface area contributed by atoms with Gasteiger partial charge in [0.25, 0.3) is 0 Å². The van der Waals surface area contributed by atoms with Gasteiger partial charge in [-0.1, -0.05) is 11.6 Å². The van der Waals surface area contributed by atoms with E-state index in [0.717, 1.165) is 26.5 Å². The second-order valence-electron chi connectivity index (χ2n) is 6.00. The highest BCUT2D eigenvalue weighted by Crippen LogP contribution is 2.37. The van der Waals surface area contributed by atoms with E-state index in [2.05, 4.69) is 4.98 Å². The van der Waals surface area contributed by atoms with Crippen LogP contribution >= 0.6 is 11.6 Å². The summed E-state index contributed by atoms with van der Waals surface area (Å²) in [6.07, 6.45) is -4.54. The second kappa shape index (κ2) is 7.22. The first-order valence-electron chi connectivity index (χ1n) is 7.85. The van der Waals surface area contributed by atoms with Crippen molar-refractivity contribution in [2.24, 2.45) is 0 Å². The number of alkyl halides is 3. The van der Waals surface area contributed by atoms with Crippen LogP contribution in [0.5, 0.6) is 11.5 Å². The summed E-state index contributed by atoms with van der Waals surface area (Å²) >= 11 is 5.88. The van der Waals surface area contributed by atoms with Crippen LogP contribution in [0.3, 0.4) is 0 Å². The lowest BCUT2D eigenvalue weighted by atomic mass is 10.2. The van der Waals surface area contributed by atoms with Crippen LogP contribution in [0, 0.1) is 11.3 Å². The van der Waals surface area contributed by atoms with E-state index in [-0.39, 0.29) is 33.4 Å².